The van der Waals surface area contributed by atoms with Crippen LogP contribution in [0.5, 0.6) is 0 Å². The van der Waals surface area contributed by atoms with Crippen LogP contribution in [0.4, 0.5) is 14.6 Å². The zero-order valence-electron chi connectivity index (χ0n) is 18.2. The lowest BCUT2D eigenvalue weighted by Crippen LogP contribution is -2.38. The lowest BCUT2D eigenvalue weighted by molar-refractivity contribution is -0.119. The fourth-order valence-electron chi connectivity index (χ4n) is 2.96. The second kappa shape index (κ2) is 10.6. The highest BCUT2D eigenvalue weighted by atomic mass is 19.1. The fraction of sp³-hybridized carbons (Fsp3) is 0.348. The van der Waals surface area contributed by atoms with Crippen molar-refractivity contribution in [1.82, 2.24) is 15.6 Å². The molecule has 0 unspecified atom stereocenters. The third-order valence-corrected chi connectivity index (χ3v) is 4.98. The summed E-state index contributed by atoms with van der Waals surface area (Å²) in [7, 11) is 1.79. The van der Waals surface area contributed by atoms with Gasteiger partial charge in [-0.05, 0) is 38.0 Å². The molecular formula is C23H27F2N5O. The number of halogens is 2. The van der Waals surface area contributed by atoms with E-state index in [1.807, 2.05) is 26.8 Å². The Hall–Kier alpha value is -3.31. The predicted molar refractivity (Wildman–Crippen MR) is 116 cm³/mol. The maximum Gasteiger partial charge on any atom is 0.237 e. The molecule has 1 saturated carbocycles. The molecule has 0 saturated heterocycles. The van der Waals surface area contributed by atoms with Crippen molar-refractivity contribution in [3.63, 3.8) is 0 Å². The van der Waals surface area contributed by atoms with Crippen LogP contribution in [0.3, 0.4) is 0 Å². The molecule has 31 heavy (non-hydrogen) atoms. The molecule has 1 aromatic carbocycles. The first kappa shape index (κ1) is 24.0. The highest BCUT2D eigenvalue weighted by molar-refractivity contribution is 5.79. The van der Waals surface area contributed by atoms with Crippen molar-refractivity contribution in [2.45, 2.75) is 39.2 Å². The summed E-state index contributed by atoms with van der Waals surface area (Å²) in [5, 5.41) is 14.6. The Morgan fingerprint density at radius 2 is 2.00 bits per heavy atom. The number of amides is 1. The number of carbonyl (C=O) groups is 1. The van der Waals surface area contributed by atoms with E-state index in [1.165, 1.54) is 18.3 Å². The number of aromatic nitrogens is 1. The largest absolute Gasteiger partial charge is 0.332 e. The normalized spacial score (nSPS) is 14.0. The number of nitrogens with zero attached hydrogens (tertiary/aromatic N) is 3. The highest BCUT2D eigenvalue weighted by Gasteiger charge is 2.45. The smallest absolute Gasteiger partial charge is 0.237 e. The van der Waals surface area contributed by atoms with Gasteiger partial charge in [0.15, 0.2) is 0 Å². The van der Waals surface area contributed by atoms with Gasteiger partial charge in [-0.15, -0.1) is 0 Å². The van der Waals surface area contributed by atoms with Crippen LogP contribution in [0.15, 0.2) is 48.4 Å². The van der Waals surface area contributed by atoms with Gasteiger partial charge in [0, 0.05) is 42.3 Å². The minimum absolute atomic E-state index is 0.000568. The molecule has 1 aromatic heterocycles. The summed E-state index contributed by atoms with van der Waals surface area (Å²) < 4.78 is 27.2. The number of rotatable bonds is 7. The number of benzene rings is 1. The second-order valence-electron chi connectivity index (χ2n) is 6.99. The molecule has 2 N–H and O–H groups in total. The number of hydrogen-bond donors (Lipinski definition) is 2. The minimum Gasteiger partial charge on any atom is -0.332 e. The Bertz CT molecular complexity index is 978. The lowest BCUT2D eigenvalue weighted by atomic mass is 10.0. The lowest BCUT2D eigenvalue weighted by Gasteiger charge is -2.20. The molecule has 2 aromatic rings. The first-order valence-corrected chi connectivity index (χ1v) is 10.1. The molecule has 1 aliphatic carbocycles. The van der Waals surface area contributed by atoms with Crippen LogP contribution in [-0.4, -0.2) is 24.5 Å². The van der Waals surface area contributed by atoms with Crippen LogP contribution in [-0.2, 0) is 10.3 Å². The van der Waals surface area contributed by atoms with Gasteiger partial charge in [0.1, 0.15) is 23.5 Å². The molecule has 1 heterocycles. The molecule has 164 valence electrons. The summed E-state index contributed by atoms with van der Waals surface area (Å²) in [6.07, 6.45) is 4.41. The Morgan fingerprint density at radius 3 is 2.55 bits per heavy atom. The number of nitrogens with one attached hydrogen (secondary N) is 2. The summed E-state index contributed by atoms with van der Waals surface area (Å²) >= 11 is 0. The van der Waals surface area contributed by atoms with Crippen molar-refractivity contribution in [3.05, 3.63) is 71.2 Å². The van der Waals surface area contributed by atoms with Crippen LogP contribution < -0.4 is 15.5 Å². The SMILES string of the molecule is C/C(=C\NC(=O)CNC1(c2ccc(F)cc2F)CC1)N(C)c1ccc(C#N)cn1.CC. The molecule has 6 nitrogen and oxygen atoms in total. The van der Waals surface area contributed by atoms with Crippen LogP contribution in [0.25, 0.3) is 0 Å². The van der Waals surface area contributed by atoms with Gasteiger partial charge in [-0.2, -0.15) is 5.26 Å². The Balaban J connectivity index is 0.00000166. The van der Waals surface area contributed by atoms with Crippen molar-refractivity contribution in [1.29, 1.82) is 5.26 Å². The van der Waals surface area contributed by atoms with Gasteiger partial charge in [-0.1, -0.05) is 19.9 Å². The Labute approximate surface area is 181 Å². The Kier molecular flexibility index (Phi) is 8.22. The number of hydrogen-bond acceptors (Lipinski definition) is 5. The summed E-state index contributed by atoms with van der Waals surface area (Å²) in [6, 6.07) is 8.89. The number of carbonyl (C=O) groups excluding carboxylic acids is 1. The third-order valence-electron chi connectivity index (χ3n) is 4.98. The van der Waals surface area contributed by atoms with Crippen molar-refractivity contribution < 1.29 is 13.6 Å². The van der Waals surface area contributed by atoms with E-state index in [1.54, 1.807) is 30.3 Å². The number of allylic oxidation sites excluding steroid dienone is 1. The highest BCUT2D eigenvalue weighted by Crippen LogP contribution is 2.46. The summed E-state index contributed by atoms with van der Waals surface area (Å²) in [4.78, 5) is 18.2. The summed E-state index contributed by atoms with van der Waals surface area (Å²) in [6.45, 7) is 5.81. The van der Waals surface area contributed by atoms with E-state index >= 15 is 0 Å². The van der Waals surface area contributed by atoms with Gasteiger partial charge in [-0.3, -0.25) is 10.1 Å². The van der Waals surface area contributed by atoms with Gasteiger partial charge < -0.3 is 10.2 Å². The van der Waals surface area contributed by atoms with Crippen LogP contribution in [0.1, 0.15) is 44.7 Å². The molecule has 1 aliphatic rings. The van der Waals surface area contributed by atoms with E-state index in [9.17, 15) is 13.6 Å². The van der Waals surface area contributed by atoms with Crippen LogP contribution in [0, 0.1) is 23.0 Å². The zero-order chi connectivity index (χ0) is 23.0. The van der Waals surface area contributed by atoms with Crippen LogP contribution >= 0.6 is 0 Å². The first-order chi connectivity index (χ1) is 14.8. The molecule has 0 spiro atoms. The Morgan fingerprint density at radius 1 is 1.29 bits per heavy atom. The zero-order valence-corrected chi connectivity index (χ0v) is 18.2. The topological polar surface area (TPSA) is 81.0 Å². The molecule has 1 fully saturated rings. The fourth-order valence-corrected chi connectivity index (χ4v) is 2.96. The molecule has 8 heteroatoms. The molecule has 0 bridgehead atoms. The molecular weight excluding hydrogens is 400 g/mol. The van der Waals surface area contributed by atoms with Gasteiger partial charge >= 0.3 is 0 Å². The molecule has 0 atom stereocenters. The third kappa shape index (κ3) is 6.09. The molecule has 3 rings (SSSR count). The average Bonchev–Trinajstić information content (AvgIpc) is 3.57. The van der Waals surface area contributed by atoms with E-state index in [0.29, 0.717) is 29.8 Å². The van der Waals surface area contributed by atoms with Gasteiger partial charge in [0.05, 0.1) is 12.1 Å². The van der Waals surface area contributed by atoms with Crippen molar-refractivity contribution in [2.24, 2.45) is 0 Å². The summed E-state index contributed by atoms with van der Waals surface area (Å²) in [5.74, 6) is -0.878. The van der Waals surface area contributed by atoms with E-state index in [2.05, 4.69) is 15.6 Å². The van der Waals surface area contributed by atoms with E-state index < -0.39 is 17.2 Å². The molecule has 0 radical (unpaired) electrons. The predicted octanol–water partition coefficient (Wildman–Crippen LogP) is 3.95. The van der Waals surface area contributed by atoms with Gasteiger partial charge in [-0.25, -0.2) is 13.8 Å². The number of anilines is 1. The monoisotopic (exact) mass is 427 g/mol. The quantitative estimate of drug-likeness (QED) is 0.699. The van der Waals surface area contributed by atoms with E-state index in [4.69, 9.17) is 5.26 Å². The number of nitriles is 1. The van der Waals surface area contributed by atoms with E-state index in [0.717, 1.165) is 11.8 Å². The first-order valence-electron chi connectivity index (χ1n) is 10.1. The molecule has 0 aliphatic heterocycles. The maximum absolute atomic E-state index is 14.0. The van der Waals surface area contributed by atoms with E-state index in [-0.39, 0.29) is 12.5 Å². The van der Waals surface area contributed by atoms with Crippen molar-refractivity contribution >= 4 is 11.7 Å². The molecule has 1 amide bonds. The minimum atomic E-state index is -0.624. The van der Waals surface area contributed by atoms with Crippen LogP contribution in [0.2, 0.25) is 0 Å². The summed E-state index contributed by atoms with van der Waals surface area (Å²) in [5.41, 5.74) is 0.970. The van der Waals surface area contributed by atoms with Crippen molar-refractivity contribution in [2.75, 3.05) is 18.5 Å². The maximum atomic E-state index is 14.0. The van der Waals surface area contributed by atoms with Gasteiger partial charge in [0.2, 0.25) is 5.91 Å². The average molecular weight is 427 g/mol. The standard InChI is InChI=1S/C21H21F2N5O.C2H6/c1-14(28(2)19-6-3-15(10-24)12-25-19)11-26-20(29)13-27-21(7-8-21)17-5-4-16(22)9-18(17)23;1-2/h3-6,9,11-12,27H,7-8,13H2,1-2H3,(H,26,29);1-2H3/b14-11+;. The second-order valence-corrected chi connectivity index (χ2v) is 6.99. The van der Waals surface area contributed by atoms with Gasteiger partial charge in [0.25, 0.3) is 0 Å². The van der Waals surface area contributed by atoms with Crippen molar-refractivity contribution in [3.8, 4) is 6.07 Å². The number of pyridine rings is 1.